The highest BCUT2D eigenvalue weighted by atomic mass is 35.5. The van der Waals surface area contributed by atoms with E-state index in [0.29, 0.717) is 11.3 Å². The number of ether oxygens (including phenoxy) is 1. The first kappa shape index (κ1) is 9.80. The summed E-state index contributed by atoms with van der Waals surface area (Å²) < 4.78 is 4.92. The van der Waals surface area contributed by atoms with Crippen molar-refractivity contribution in [2.24, 2.45) is 0 Å². The van der Waals surface area contributed by atoms with Gasteiger partial charge in [-0.1, -0.05) is 11.6 Å². The number of carboxylic acids is 1. The summed E-state index contributed by atoms with van der Waals surface area (Å²) in [6.45, 7) is 0. The van der Waals surface area contributed by atoms with Crippen molar-refractivity contribution < 1.29 is 14.6 Å². The third kappa shape index (κ3) is 2.59. The number of halogens is 1. The quantitative estimate of drug-likeness (QED) is 0.751. The van der Waals surface area contributed by atoms with Gasteiger partial charge in [-0.05, 0) is 6.07 Å². The molecule has 0 amide bonds. The van der Waals surface area contributed by atoms with Crippen molar-refractivity contribution in [3.8, 4) is 5.75 Å². The Labute approximate surface area is 80.1 Å². The largest absolute Gasteiger partial charge is 0.495 e. The van der Waals surface area contributed by atoms with E-state index in [1.165, 1.54) is 19.4 Å². The monoisotopic (exact) mass is 201 g/mol. The summed E-state index contributed by atoms with van der Waals surface area (Å²) in [7, 11) is 1.45. The van der Waals surface area contributed by atoms with E-state index < -0.39 is 5.97 Å². The summed E-state index contributed by atoms with van der Waals surface area (Å²) >= 11 is 5.60. The normalized spacial score (nSPS) is 9.69. The molecule has 1 aromatic rings. The maximum atomic E-state index is 10.4. The lowest BCUT2D eigenvalue weighted by molar-refractivity contribution is -0.136. The Balaban J connectivity index is 3.01. The van der Waals surface area contributed by atoms with Gasteiger partial charge in [0, 0.05) is 5.56 Å². The molecule has 5 heteroatoms. The van der Waals surface area contributed by atoms with E-state index in [4.69, 9.17) is 21.4 Å². The third-order valence-electron chi connectivity index (χ3n) is 1.48. The predicted octanol–water partition coefficient (Wildman–Crippen LogP) is 1.37. The molecule has 0 bridgehead atoms. The van der Waals surface area contributed by atoms with Crippen LogP contribution in [-0.4, -0.2) is 23.2 Å². The van der Waals surface area contributed by atoms with Crippen LogP contribution in [0.5, 0.6) is 5.75 Å². The van der Waals surface area contributed by atoms with Gasteiger partial charge < -0.3 is 9.84 Å². The van der Waals surface area contributed by atoms with Gasteiger partial charge >= 0.3 is 5.97 Å². The molecular weight excluding hydrogens is 194 g/mol. The van der Waals surface area contributed by atoms with Crippen LogP contribution in [0.25, 0.3) is 0 Å². The van der Waals surface area contributed by atoms with Crippen LogP contribution < -0.4 is 4.74 Å². The van der Waals surface area contributed by atoms with Crippen LogP contribution in [0.15, 0.2) is 12.3 Å². The highest BCUT2D eigenvalue weighted by Gasteiger charge is 2.08. The zero-order valence-electron chi connectivity index (χ0n) is 6.95. The molecule has 0 fully saturated rings. The smallest absolute Gasteiger partial charge is 0.307 e. The van der Waals surface area contributed by atoms with E-state index in [9.17, 15) is 4.79 Å². The summed E-state index contributed by atoms with van der Waals surface area (Å²) in [6, 6.07) is 1.48. The van der Waals surface area contributed by atoms with Crippen LogP contribution >= 0.6 is 11.6 Å². The molecule has 1 rings (SSSR count). The second kappa shape index (κ2) is 4.09. The van der Waals surface area contributed by atoms with Crippen LogP contribution in [0.2, 0.25) is 5.15 Å². The molecular formula is C8H8ClNO3. The van der Waals surface area contributed by atoms with Gasteiger partial charge in [0.25, 0.3) is 0 Å². The summed E-state index contributed by atoms with van der Waals surface area (Å²) in [5.74, 6) is -0.493. The van der Waals surface area contributed by atoms with Crippen LogP contribution in [0, 0.1) is 0 Å². The van der Waals surface area contributed by atoms with Crippen molar-refractivity contribution in [1.29, 1.82) is 0 Å². The molecule has 1 heterocycles. The third-order valence-corrected chi connectivity index (χ3v) is 1.68. The van der Waals surface area contributed by atoms with Crippen molar-refractivity contribution in [1.82, 2.24) is 4.98 Å². The second-order valence-corrected chi connectivity index (χ2v) is 2.78. The van der Waals surface area contributed by atoms with Gasteiger partial charge in [-0.2, -0.15) is 0 Å². The number of rotatable bonds is 3. The van der Waals surface area contributed by atoms with E-state index in [1.807, 2.05) is 0 Å². The van der Waals surface area contributed by atoms with Crippen LogP contribution in [0.3, 0.4) is 0 Å². The molecule has 1 N–H and O–H groups in total. The Morgan fingerprint density at radius 3 is 3.00 bits per heavy atom. The summed E-state index contributed by atoms with van der Waals surface area (Å²) in [4.78, 5) is 14.2. The Hall–Kier alpha value is -1.29. The van der Waals surface area contributed by atoms with Gasteiger partial charge in [0.2, 0.25) is 0 Å². The lowest BCUT2D eigenvalue weighted by Crippen LogP contribution is -2.02. The number of carboxylic acid groups (broad SMARTS) is 1. The summed E-state index contributed by atoms with van der Waals surface area (Å²) in [5.41, 5.74) is 0.523. The number of nitrogens with zero attached hydrogens (tertiary/aromatic N) is 1. The van der Waals surface area contributed by atoms with E-state index in [2.05, 4.69) is 4.98 Å². The van der Waals surface area contributed by atoms with Crippen molar-refractivity contribution in [3.63, 3.8) is 0 Å². The lowest BCUT2D eigenvalue weighted by atomic mass is 10.2. The van der Waals surface area contributed by atoms with Crippen LogP contribution in [-0.2, 0) is 11.2 Å². The maximum absolute atomic E-state index is 10.4. The predicted molar refractivity (Wildman–Crippen MR) is 47.1 cm³/mol. The Morgan fingerprint density at radius 1 is 1.77 bits per heavy atom. The fourth-order valence-corrected chi connectivity index (χ4v) is 1.12. The standard InChI is InChI=1S/C8H8ClNO3/c1-13-6-4-10-7(9)2-5(6)3-8(11)12/h2,4H,3H2,1H3,(H,11,12). The molecule has 0 aliphatic carbocycles. The average Bonchev–Trinajstić information content (AvgIpc) is 2.03. The van der Waals surface area contributed by atoms with Gasteiger partial charge in [0.05, 0.1) is 19.7 Å². The molecule has 0 atom stereocenters. The molecule has 13 heavy (non-hydrogen) atoms. The van der Waals surface area contributed by atoms with E-state index in [-0.39, 0.29) is 11.6 Å². The molecule has 0 spiro atoms. The van der Waals surface area contributed by atoms with Gasteiger partial charge in [-0.15, -0.1) is 0 Å². The SMILES string of the molecule is COc1cnc(Cl)cc1CC(=O)O. The molecule has 1 aromatic heterocycles. The fourth-order valence-electron chi connectivity index (χ4n) is 0.940. The van der Waals surface area contributed by atoms with Crippen molar-refractivity contribution in [3.05, 3.63) is 23.0 Å². The number of carbonyl (C=O) groups is 1. The number of aliphatic carboxylic acids is 1. The first-order chi connectivity index (χ1) is 6.13. The molecule has 0 aromatic carbocycles. The minimum atomic E-state index is -0.930. The Kier molecular flexibility index (Phi) is 3.08. The van der Waals surface area contributed by atoms with Gasteiger partial charge in [0.15, 0.2) is 0 Å². The number of hydrogen-bond donors (Lipinski definition) is 1. The highest BCUT2D eigenvalue weighted by molar-refractivity contribution is 6.29. The van der Waals surface area contributed by atoms with Crippen LogP contribution in [0.1, 0.15) is 5.56 Å². The maximum Gasteiger partial charge on any atom is 0.307 e. The van der Waals surface area contributed by atoms with E-state index in [0.717, 1.165) is 0 Å². The molecule has 70 valence electrons. The van der Waals surface area contributed by atoms with E-state index >= 15 is 0 Å². The zero-order chi connectivity index (χ0) is 9.84. The Bertz CT molecular complexity index is 327. The molecule has 4 nitrogen and oxygen atoms in total. The molecule has 0 saturated heterocycles. The fraction of sp³-hybridized carbons (Fsp3) is 0.250. The highest BCUT2D eigenvalue weighted by Crippen LogP contribution is 2.20. The van der Waals surface area contributed by atoms with Crippen LogP contribution in [0.4, 0.5) is 0 Å². The lowest BCUT2D eigenvalue weighted by Gasteiger charge is -2.05. The molecule has 0 aliphatic heterocycles. The average molecular weight is 202 g/mol. The first-order valence-corrected chi connectivity index (χ1v) is 3.91. The Morgan fingerprint density at radius 2 is 2.46 bits per heavy atom. The molecule has 0 radical (unpaired) electrons. The summed E-state index contributed by atoms with van der Waals surface area (Å²) in [6.07, 6.45) is 1.28. The van der Waals surface area contributed by atoms with Crippen molar-refractivity contribution >= 4 is 17.6 Å². The number of methoxy groups -OCH3 is 1. The van der Waals surface area contributed by atoms with Gasteiger partial charge in [-0.25, -0.2) is 4.98 Å². The number of pyridine rings is 1. The first-order valence-electron chi connectivity index (χ1n) is 3.53. The number of hydrogen-bond acceptors (Lipinski definition) is 3. The second-order valence-electron chi connectivity index (χ2n) is 2.39. The van der Waals surface area contributed by atoms with Gasteiger partial charge in [0.1, 0.15) is 10.9 Å². The summed E-state index contributed by atoms with van der Waals surface area (Å²) in [5, 5.41) is 8.82. The molecule has 0 aliphatic rings. The van der Waals surface area contributed by atoms with Crippen molar-refractivity contribution in [2.45, 2.75) is 6.42 Å². The number of aromatic nitrogens is 1. The van der Waals surface area contributed by atoms with Gasteiger partial charge in [-0.3, -0.25) is 4.79 Å². The minimum absolute atomic E-state index is 0.120. The molecule has 0 saturated carbocycles. The van der Waals surface area contributed by atoms with Crippen molar-refractivity contribution in [2.75, 3.05) is 7.11 Å². The molecule has 0 unspecified atom stereocenters. The minimum Gasteiger partial charge on any atom is -0.495 e. The zero-order valence-corrected chi connectivity index (χ0v) is 7.71. The van der Waals surface area contributed by atoms with E-state index in [1.54, 1.807) is 0 Å². The topological polar surface area (TPSA) is 59.4 Å².